The molecule has 4 aliphatic rings. The maximum atomic E-state index is 2.60. The highest BCUT2D eigenvalue weighted by Crippen LogP contribution is 2.66. The highest BCUT2D eigenvalue weighted by Gasteiger charge is 2.49. The first-order valence-corrected chi connectivity index (χ1v) is 25.2. The molecule has 0 saturated carbocycles. The van der Waals surface area contributed by atoms with Crippen LogP contribution in [-0.4, -0.2) is 0 Å². The van der Waals surface area contributed by atoms with Crippen LogP contribution >= 0.6 is 8.22 Å². The molecule has 9 aromatic carbocycles. The van der Waals surface area contributed by atoms with E-state index < -0.39 is 13.6 Å². The second kappa shape index (κ2) is 16.0. The quantitative estimate of drug-likeness (QED) is 0.141. The Hall–Kier alpha value is -7.71. The molecular formula is C64H50N3P. The van der Waals surface area contributed by atoms with Crippen LogP contribution in [-0.2, 0) is 10.8 Å². The number of allylic oxidation sites excluding steroid dienone is 4. The minimum absolute atomic E-state index is 0.167. The normalized spacial score (nSPS) is 16.8. The average molecular weight is 892 g/mol. The van der Waals surface area contributed by atoms with E-state index in [2.05, 4.69) is 271 Å². The van der Waals surface area contributed by atoms with E-state index in [4.69, 9.17) is 0 Å². The zero-order valence-corrected chi connectivity index (χ0v) is 39.2. The van der Waals surface area contributed by atoms with Gasteiger partial charge in [-0.1, -0.05) is 196 Å². The molecule has 1 unspecified atom stereocenters. The van der Waals surface area contributed by atoms with Crippen molar-refractivity contribution >= 4 is 58.9 Å². The molecule has 68 heavy (non-hydrogen) atoms. The first-order valence-electron chi connectivity index (χ1n) is 23.9. The van der Waals surface area contributed by atoms with E-state index >= 15 is 0 Å². The summed E-state index contributed by atoms with van der Waals surface area (Å²) in [4.78, 5) is 2.57. The lowest BCUT2D eigenvalue weighted by Gasteiger charge is -2.36. The number of para-hydroxylation sites is 2. The van der Waals surface area contributed by atoms with Crippen molar-refractivity contribution in [3.05, 3.63) is 282 Å². The molecule has 0 bridgehead atoms. The van der Waals surface area contributed by atoms with E-state index in [0.29, 0.717) is 0 Å². The van der Waals surface area contributed by atoms with E-state index in [1.54, 1.807) is 0 Å². The van der Waals surface area contributed by atoms with Crippen molar-refractivity contribution in [2.75, 3.05) is 14.2 Å². The largest absolute Gasteiger partial charge is 0.310 e. The molecule has 3 aliphatic carbocycles. The molecule has 0 amide bonds. The van der Waals surface area contributed by atoms with Gasteiger partial charge in [0.05, 0.1) is 22.5 Å². The van der Waals surface area contributed by atoms with Gasteiger partial charge >= 0.3 is 0 Å². The van der Waals surface area contributed by atoms with Crippen LogP contribution in [0.3, 0.4) is 0 Å². The third kappa shape index (κ3) is 6.02. The summed E-state index contributed by atoms with van der Waals surface area (Å²) in [6.45, 7) is 4.77. The van der Waals surface area contributed by atoms with Crippen LogP contribution in [0.25, 0.3) is 16.7 Å². The zero-order chi connectivity index (χ0) is 45.4. The molecular weight excluding hydrogens is 842 g/mol. The molecule has 13 rings (SSSR count). The van der Waals surface area contributed by atoms with Gasteiger partial charge in [0.1, 0.15) is 8.22 Å². The van der Waals surface area contributed by atoms with Crippen LogP contribution < -0.4 is 19.5 Å². The average Bonchev–Trinajstić information content (AvgIpc) is 3.99. The lowest BCUT2D eigenvalue weighted by molar-refractivity contribution is 0.660. The smallest absolute Gasteiger partial charge is 0.138 e. The second-order valence-corrected chi connectivity index (χ2v) is 20.7. The fourth-order valence-corrected chi connectivity index (χ4v) is 14.4. The fraction of sp³-hybridized carbons (Fsp3) is 0.0938. The highest BCUT2D eigenvalue weighted by molar-refractivity contribution is 7.70. The van der Waals surface area contributed by atoms with E-state index in [-0.39, 0.29) is 5.41 Å². The summed E-state index contributed by atoms with van der Waals surface area (Å²) in [5, 5.41) is 1.28. The van der Waals surface area contributed by atoms with Gasteiger partial charge in [-0.15, -0.1) is 0 Å². The minimum Gasteiger partial charge on any atom is -0.310 e. The maximum Gasteiger partial charge on any atom is 0.138 e. The van der Waals surface area contributed by atoms with E-state index in [1.807, 2.05) is 0 Å². The minimum atomic E-state index is -1.08. The SMILES string of the molecule is CC1(C)c2ccccc2-c2c(N(c3ccc4c(c3)N(c3ccccc3)P(c3ccccc3)N4c3ccccc3)c3ccc4c(c3)C(c3ccccc3)(c3ccccc3)C3=CCCC=C34)cccc21. The van der Waals surface area contributed by atoms with Crippen molar-refractivity contribution in [1.29, 1.82) is 0 Å². The van der Waals surface area contributed by atoms with Gasteiger partial charge in [0, 0.05) is 39.0 Å². The molecule has 0 radical (unpaired) electrons. The standard InChI is InChI=1S/C64H50N3P/c1-63(2)55-35-20-19-34-54(55)62-57(63)37-22-38-60(62)65(49-39-41-53-52-33-18-21-36-56(52)64(58(53)43-49,45-23-8-3-9-24-45)46-25-10-4-11-26-46)50-40-42-59-61(44-50)67(48-29-14-6-15-30-48)68(51-31-16-7-17-32-51)66(59)47-27-12-5-13-28-47/h3-17,19-20,22-44H,18,21H2,1-2H3. The van der Waals surface area contributed by atoms with Gasteiger partial charge in [0.2, 0.25) is 0 Å². The molecule has 0 aromatic heterocycles. The van der Waals surface area contributed by atoms with Crippen molar-refractivity contribution < 1.29 is 0 Å². The molecule has 326 valence electrons. The van der Waals surface area contributed by atoms with Gasteiger partial charge in [-0.2, -0.15) is 0 Å². The first kappa shape index (κ1) is 40.6. The van der Waals surface area contributed by atoms with Crippen molar-refractivity contribution in [1.82, 2.24) is 0 Å². The Bertz CT molecular complexity index is 3400. The van der Waals surface area contributed by atoms with Gasteiger partial charge in [-0.05, 0) is 124 Å². The van der Waals surface area contributed by atoms with E-state index in [1.165, 1.54) is 89.4 Å². The predicted molar refractivity (Wildman–Crippen MR) is 287 cm³/mol. The third-order valence-electron chi connectivity index (χ3n) is 14.8. The van der Waals surface area contributed by atoms with E-state index in [9.17, 15) is 0 Å². The van der Waals surface area contributed by atoms with Crippen molar-refractivity contribution in [2.45, 2.75) is 37.5 Å². The Labute approximate surface area is 401 Å². The Balaban J connectivity index is 1.10. The summed E-state index contributed by atoms with van der Waals surface area (Å²) in [7, 11) is -1.08. The van der Waals surface area contributed by atoms with Crippen LogP contribution in [0, 0.1) is 0 Å². The Morgan fingerprint density at radius 2 is 0.985 bits per heavy atom. The Morgan fingerprint density at radius 1 is 0.441 bits per heavy atom. The summed E-state index contributed by atoms with van der Waals surface area (Å²) in [5.41, 5.74) is 20.7. The second-order valence-electron chi connectivity index (χ2n) is 18.8. The number of hydrogen-bond donors (Lipinski definition) is 0. The Morgan fingerprint density at radius 3 is 1.66 bits per heavy atom. The number of rotatable bonds is 8. The van der Waals surface area contributed by atoms with Crippen LogP contribution in [0.2, 0.25) is 0 Å². The molecule has 1 aliphatic heterocycles. The zero-order valence-electron chi connectivity index (χ0n) is 38.3. The van der Waals surface area contributed by atoms with Crippen LogP contribution in [0.5, 0.6) is 0 Å². The van der Waals surface area contributed by atoms with Gasteiger partial charge < -0.3 is 4.90 Å². The fourth-order valence-electron chi connectivity index (χ4n) is 11.9. The number of anilines is 7. The molecule has 9 aromatic rings. The van der Waals surface area contributed by atoms with Crippen LogP contribution in [0.1, 0.15) is 60.1 Å². The molecule has 0 N–H and O–H groups in total. The van der Waals surface area contributed by atoms with E-state index in [0.717, 1.165) is 24.2 Å². The van der Waals surface area contributed by atoms with Gasteiger partial charge in [0.15, 0.2) is 0 Å². The molecule has 1 atom stereocenters. The monoisotopic (exact) mass is 891 g/mol. The number of hydrogen-bond acceptors (Lipinski definition) is 3. The van der Waals surface area contributed by atoms with Gasteiger partial charge in [-0.25, -0.2) is 0 Å². The lowest BCUT2D eigenvalue weighted by Crippen LogP contribution is -2.29. The predicted octanol–water partition coefficient (Wildman–Crippen LogP) is 16.8. The van der Waals surface area contributed by atoms with Crippen molar-refractivity contribution in [2.24, 2.45) is 0 Å². The van der Waals surface area contributed by atoms with Crippen LogP contribution in [0.4, 0.5) is 39.8 Å². The van der Waals surface area contributed by atoms with Crippen molar-refractivity contribution in [3.63, 3.8) is 0 Å². The van der Waals surface area contributed by atoms with Crippen molar-refractivity contribution in [3.8, 4) is 11.1 Å². The summed E-state index contributed by atoms with van der Waals surface area (Å²) in [5.74, 6) is 0. The molecule has 1 heterocycles. The third-order valence-corrected chi connectivity index (χ3v) is 17.2. The molecule has 3 nitrogen and oxygen atoms in total. The summed E-state index contributed by atoms with van der Waals surface area (Å²) in [6, 6.07) is 86.1. The lowest BCUT2D eigenvalue weighted by atomic mass is 9.66. The maximum absolute atomic E-state index is 2.60. The first-order chi connectivity index (χ1) is 33.5. The molecule has 4 heteroatoms. The number of fused-ring (bicyclic) bond motifs is 7. The number of nitrogens with zero attached hydrogens (tertiary/aromatic N) is 3. The summed E-state index contributed by atoms with van der Waals surface area (Å²) >= 11 is 0. The molecule has 0 saturated heterocycles. The topological polar surface area (TPSA) is 9.72 Å². The Kier molecular flexibility index (Phi) is 9.53. The van der Waals surface area contributed by atoms with Gasteiger partial charge in [0.25, 0.3) is 0 Å². The highest BCUT2D eigenvalue weighted by atomic mass is 31.1. The van der Waals surface area contributed by atoms with Gasteiger partial charge in [-0.3, -0.25) is 9.34 Å². The van der Waals surface area contributed by atoms with Crippen LogP contribution in [0.15, 0.2) is 248 Å². The molecule has 0 fully saturated rings. The number of benzene rings is 9. The summed E-state index contributed by atoms with van der Waals surface area (Å²) in [6.07, 6.45) is 7.08. The summed E-state index contributed by atoms with van der Waals surface area (Å²) < 4.78 is 5.18. The molecule has 0 spiro atoms.